The van der Waals surface area contributed by atoms with Gasteiger partial charge in [-0.05, 0) is 98.8 Å². The van der Waals surface area contributed by atoms with Crippen LogP contribution in [0.4, 0.5) is 0 Å². The molecule has 0 saturated carbocycles. The molecule has 4 nitrogen and oxygen atoms in total. The van der Waals surface area contributed by atoms with Crippen LogP contribution in [-0.2, 0) is 17.1 Å². The maximum Gasteiger partial charge on any atom is 2.00 e. The molecule has 0 saturated heterocycles. The van der Waals surface area contributed by atoms with E-state index in [1.165, 1.54) is 67.1 Å². The standard InChI is InChI=1S/2C26H24P2.Cu.NO3/c2*1-5-13-23(14-6-1)27(24-15-7-2-8-16-24)21-22-28(25-17-9-3-10-18-25)26-19-11-4-12-20-26;;2-1(3)4/h2*1-20H,21-22H2;;/q;;+2;-1. The van der Waals surface area contributed by atoms with Crippen LogP contribution in [0.3, 0.4) is 0 Å². The number of nitrogens with zero attached hydrogens (tertiary/aromatic N) is 1. The third kappa shape index (κ3) is 15.3. The average molecular weight is 922 g/mol. The van der Waals surface area contributed by atoms with Gasteiger partial charge in [0.05, 0.1) is 5.09 Å². The van der Waals surface area contributed by atoms with Crippen molar-refractivity contribution in [2.24, 2.45) is 0 Å². The van der Waals surface area contributed by atoms with E-state index in [-0.39, 0.29) is 48.8 Å². The summed E-state index contributed by atoms with van der Waals surface area (Å²) in [6.07, 6.45) is 4.83. The van der Waals surface area contributed by atoms with E-state index in [0.29, 0.717) is 0 Å². The first kappa shape index (κ1) is 47.3. The Morgan fingerprint density at radius 3 is 0.459 bits per heavy atom. The molecule has 0 N–H and O–H groups in total. The summed E-state index contributed by atoms with van der Waals surface area (Å²) >= 11 is 0. The van der Waals surface area contributed by atoms with Gasteiger partial charge in [-0.15, -0.1) is 0 Å². The van der Waals surface area contributed by atoms with Crippen LogP contribution >= 0.6 is 31.7 Å². The molecule has 8 aromatic rings. The summed E-state index contributed by atoms with van der Waals surface area (Å²) in [6.45, 7) is 0. The molecule has 0 amide bonds. The van der Waals surface area contributed by atoms with E-state index in [9.17, 15) is 0 Å². The number of hydrogen-bond donors (Lipinski definition) is 0. The fourth-order valence-corrected chi connectivity index (χ4v) is 17.6. The van der Waals surface area contributed by atoms with Gasteiger partial charge in [-0.2, -0.15) is 0 Å². The van der Waals surface area contributed by atoms with Gasteiger partial charge in [0.25, 0.3) is 0 Å². The van der Waals surface area contributed by atoms with Gasteiger partial charge in [-0.25, -0.2) is 0 Å². The Kier molecular flexibility index (Phi) is 20.5. The zero-order chi connectivity index (χ0) is 41.6. The van der Waals surface area contributed by atoms with Crippen molar-refractivity contribution in [2.75, 3.05) is 24.6 Å². The molecule has 0 bridgehead atoms. The third-order valence-electron chi connectivity index (χ3n) is 9.64. The summed E-state index contributed by atoms with van der Waals surface area (Å²) in [4.78, 5) is 8.25. The summed E-state index contributed by atoms with van der Waals surface area (Å²) < 4.78 is 0. The second kappa shape index (κ2) is 26.5. The van der Waals surface area contributed by atoms with Crippen LogP contribution in [0.25, 0.3) is 0 Å². The molecule has 0 aliphatic rings. The quantitative estimate of drug-likeness (QED) is 0.0472. The van der Waals surface area contributed by atoms with E-state index in [1.54, 1.807) is 0 Å². The van der Waals surface area contributed by atoms with E-state index in [0.717, 1.165) is 0 Å². The van der Waals surface area contributed by atoms with Crippen molar-refractivity contribution in [3.63, 3.8) is 0 Å². The predicted octanol–water partition coefficient (Wildman–Crippen LogP) is 10.3. The Morgan fingerprint density at radius 1 is 0.262 bits per heavy atom. The molecule has 0 spiro atoms. The number of rotatable bonds is 14. The Hall–Kier alpha value is -4.80. The summed E-state index contributed by atoms with van der Waals surface area (Å²) in [5.74, 6) is 0. The van der Waals surface area contributed by atoms with Crippen LogP contribution in [0.15, 0.2) is 243 Å². The Morgan fingerprint density at radius 2 is 0.361 bits per heavy atom. The Labute approximate surface area is 376 Å². The molecule has 0 fully saturated rings. The molecular formula is C52H48CuNO3P4+. The van der Waals surface area contributed by atoms with Crippen molar-refractivity contribution in [1.29, 1.82) is 0 Å². The summed E-state index contributed by atoms with van der Waals surface area (Å²) in [5, 5.41) is 26.5. The Bertz CT molecular complexity index is 1880. The van der Waals surface area contributed by atoms with Crippen molar-refractivity contribution >= 4 is 74.1 Å². The first-order valence-corrected chi connectivity index (χ1v) is 26.0. The third-order valence-corrected chi connectivity index (χ3v) is 20.4. The van der Waals surface area contributed by atoms with Crippen LogP contribution in [0.2, 0.25) is 0 Å². The van der Waals surface area contributed by atoms with Crippen molar-refractivity contribution in [3.8, 4) is 0 Å². The van der Waals surface area contributed by atoms with Gasteiger partial charge >= 0.3 is 17.1 Å². The first-order valence-electron chi connectivity index (χ1n) is 19.9. The molecule has 309 valence electrons. The van der Waals surface area contributed by atoms with Crippen molar-refractivity contribution in [2.45, 2.75) is 0 Å². The Balaban J connectivity index is 0.000000209. The smallest absolute Gasteiger partial charge is 0.356 e. The minimum Gasteiger partial charge on any atom is -0.356 e. The molecule has 8 rings (SSSR count). The second-order valence-electron chi connectivity index (χ2n) is 13.5. The molecule has 0 aliphatic heterocycles. The van der Waals surface area contributed by atoms with Gasteiger partial charge in [0, 0.05) is 0 Å². The SMILES string of the molecule is O=[N+]([O-])[O-].[Cu+2].c1ccc(P(CCP(c2ccccc2)c2ccccc2)c2ccccc2)cc1.c1ccc(P(CCP(c2ccccc2)c2ccccc2)c2ccccc2)cc1. The maximum atomic E-state index is 8.25. The molecule has 61 heavy (non-hydrogen) atoms. The van der Waals surface area contributed by atoms with E-state index >= 15 is 0 Å². The van der Waals surface area contributed by atoms with E-state index in [4.69, 9.17) is 15.3 Å². The molecule has 9 heteroatoms. The van der Waals surface area contributed by atoms with Crippen LogP contribution in [0.5, 0.6) is 0 Å². The van der Waals surface area contributed by atoms with Crippen molar-refractivity contribution in [1.82, 2.24) is 0 Å². The minimum atomic E-state index is -1.75. The van der Waals surface area contributed by atoms with Gasteiger partial charge < -0.3 is 15.3 Å². The zero-order valence-electron chi connectivity index (χ0n) is 33.7. The minimum absolute atomic E-state index is 0. The first-order chi connectivity index (χ1) is 29.6. The second-order valence-corrected chi connectivity index (χ2v) is 22.9. The van der Waals surface area contributed by atoms with Crippen molar-refractivity contribution < 1.29 is 22.2 Å². The van der Waals surface area contributed by atoms with Gasteiger partial charge in [0.15, 0.2) is 0 Å². The van der Waals surface area contributed by atoms with Crippen LogP contribution in [0.1, 0.15) is 0 Å². The molecule has 0 aliphatic carbocycles. The van der Waals surface area contributed by atoms with Crippen LogP contribution in [-0.4, -0.2) is 29.7 Å². The van der Waals surface area contributed by atoms with E-state index in [1.807, 2.05) is 0 Å². The summed E-state index contributed by atoms with van der Waals surface area (Å²) in [6, 6.07) is 88.4. The van der Waals surface area contributed by atoms with E-state index in [2.05, 4.69) is 243 Å². The molecule has 0 heterocycles. The molecular weight excluding hydrogens is 874 g/mol. The average Bonchev–Trinajstić information content (AvgIpc) is 3.32. The normalized spacial score (nSPS) is 10.6. The predicted molar refractivity (Wildman–Crippen MR) is 266 cm³/mol. The molecule has 0 aromatic heterocycles. The van der Waals surface area contributed by atoms with Gasteiger partial charge in [-0.1, -0.05) is 243 Å². The zero-order valence-corrected chi connectivity index (χ0v) is 38.2. The monoisotopic (exact) mass is 921 g/mol. The van der Waals surface area contributed by atoms with Gasteiger partial charge in [0.2, 0.25) is 0 Å². The van der Waals surface area contributed by atoms with Crippen molar-refractivity contribution in [3.05, 3.63) is 258 Å². The molecule has 0 unspecified atom stereocenters. The number of benzene rings is 8. The molecule has 0 atom stereocenters. The van der Waals surface area contributed by atoms with E-state index < -0.39 is 5.09 Å². The fraction of sp³-hybridized carbons (Fsp3) is 0.0769. The summed E-state index contributed by atoms with van der Waals surface area (Å²) in [5.41, 5.74) is 0. The maximum absolute atomic E-state index is 8.25. The van der Waals surface area contributed by atoms with Crippen LogP contribution < -0.4 is 42.4 Å². The number of hydrogen-bond acceptors (Lipinski definition) is 3. The topological polar surface area (TPSA) is 66.2 Å². The van der Waals surface area contributed by atoms with Gasteiger partial charge in [0.1, 0.15) is 0 Å². The van der Waals surface area contributed by atoms with Gasteiger partial charge in [-0.3, -0.25) is 0 Å². The largest absolute Gasteiger partial charge is 2.00 e. The van der Waals surface area contributed by atoms with Crippen LogP contribution in [0, 0.1) is 15.3 Å². The molecule has 8 aromatic carbocycles. The summed E-state index contributed by atoms with van der Waals surface area (Å²) in [7, 11) is -1.39. The fourth-order valence-electron chi connectivity index (χ4n) is 6.89. The molecule has 1 radical (unpaired) electrons.